The second-order valence-electron chi connectivity index (χ2n) is 7.46. The number of nitrogens with zero attached hydrogens (tertiary/aromatic N) is 5. The average molecular weight is 438 g/mol. The lowest BCUT2D eigenvalue weighted by atomic mass is 10.1. The van der Waals surface area contributed by atoms with Gasteiger partial charge in [0.1, 0.15) is 29.6 Å². The highest BCUT2D eigenvalue weighted by Crippen LogP contribution is 2.27. The van der Waals surface area contributed by atoms with E-state index in [1.165, 1.54) is 12.3 Å². The largest absolute Gasteiger partial charge is 0.472 e. The van der Waals surface area contributed by atoms with Crippen molar-refractivity contribution in [2.24, 2.45) is 0 Å². The fourth-order valence-electron chi connectivity index (χ4n) is 3.61. The second-order valence-corrected chi connectivity index (χ2v) is 7.46. The molecule has 0 spiro atoms. The van der Waals surface area contributed by atoms with Crippen LogP contribution in [0.25, 0.3) is 22.9 Å². The van der Waals surface area contributed by atoms with Gasteiger partial charge in [0.15, 0.2) is 5.82 Å². The van der Waals surface area contributed by atoms with Gasteiger partial charge in [0, 0.05) is 11.6 Å². The highest BCUT2D eigenvalue weighted by Gasteiger charge is 2.21. The molecule has 4 heterocycles. The van der Waals surface area contributed by atoms with Crippen LogP contribution in [0.1, 0.15) is 18.4 Å². The number of aromatic nitrogens is 5. The maximum absolute atomic E-state index is 14.3. The van der Waals surface area contributed by atoms with Gasteiger partial charge >= 0.3 is 0 Å². The van der Waals surface area contributed by atoms with E-state index in [4.69, 9.17) is 9.26 Å². The lowest BCUT2D eigenvalue weighted by Gasteiger charge is -2.23. The van der Waals surface area contributed by atoms with Crippen molar-refractivity contribution in [2.75, 3.05) is 13.1 Å². The van der Waals surface area contributed by atoms with E-state index >= 15 is 0 Å². The highest BCUT2D eigenvalue weighted by atomic mass is 19.1. The molecule has 0 radical (unpaired) electrons. The molecule has 32 heavy (non-hydrogen) atoms. The molecule has 0 saturated carbocycles. The van der Waals surface area contributed by atoms with E-state index in [0.29, 0.717) is 22.6 Å². The molecule has 1 aliphatic rings. The number of nitrogens with one attached hydrogen (secondary N) is 1. The molecule has 1 saturated heterocycles. The summed E-state index contributed by atoms with van der Waals surface area (Å²) in [6.07, 6.45) is 3.94. The van der Waals surface area contributed by atoms with Gasteiger partial charge in [-0.3, -0.25) is 4.68 Å². The molecular weight excluding hydrogens is 418 g/mol. The van der Waals surface area contributed by atoms with E-state index in [1.807, 2.05) is 0 Å². The number of ether oxygens (including phenoxy) is 1. The summed E-state index contributed by atoms with van der Waals surface area (Å²) in [7, 11) is 0. The Labute approximate surface area is 182 Å². The topological polar surface area (TPSA) is 90.9 Å². The Morgan fingerprint density at radius 3 is 2.72 bits per heavy atom. The summed E-state index contributed by atoms with van der Waals surface area (Å²) in [6, 6.07) is 9.84. The van der Waals surface area contributed by atoms with E-state index in [0.717, 1.165) is 32.1 Å². The number of benzene rings is 1. The van der Waals surface area contributed by atoms with Crippen molar-refractivity contribution in [3.05, 3.63) is 66.1 Å². The molecule has 3 aromatic heterocycles. The van der Waals surface area contributed by atoms with Crippen molar-refractivity contribution in [1.29, 1.82) is 0 Å². The van der Waals surface area contributed by atoms with E-state index < -0.39 is 5.82 Å². The van der Waals surface area contributed by atoms with Gasteiger partial charge in [-0.2, -0.15) is 14.5 Å². The molecule has 0 unspecified atom stereocenters. The van der Waals surface area contributed by atoms with Crippen LogP contribution in [0.15, 0.2) is 53.4 Å². The predicted octanol–water partition coefficient (Wildman–Crippen LogP) is 3.45. The summed E-state index contributed by atoms with van der Waals surface area (Å²) in [5.74, 6) is -0.873. The molecule has 1 aromatic carbocycles. The Bertz CT molecular complexity index is 1210. The van der Waals surface area contributed by atoms with Crippen LogP contribution in [-0.2, 0) is 6.54 Å². The van der Waals surface area contributed by atoms with E-state index in [1.54, 1.807) is 35.0 Å². The minimum atomic E-state index is -0.630. The lowest BCUT2D eigenvalue weighted by Crippen LogP contribution is -2.34. The van der Waals surface area contributed by atoms with Gasteiger partial charge in [-0.15, -0.1) is 0 Å². The summed E-state index contributed by atoms with van der Waals surface area (Å²) in [5, 5.41) is 11.8. The van der Waals surface area contributed by atoms with Gasteiger partial charge in [0.2, 0.25) is 5.82 Å². The first-order valence-electron chi connectivity index (χ1n) is 10.3. The third kappa shape index (κ3) is 4.22. The van der Waals surface area contributed by atoms with Crippen LogP contribution < -0.4 is 10.1 Å². The normalized spacial score (nSPS) is 14.6. The first-order chi connectivity index (χ1) is 15.7. The van der Waals surface area contributed by atoms with Crippen molar-refractivity contribution in [1.82, 2.24) is 30.2 Å². The first-order valence-corrected chi connectivity index (χ1v) is 10.3. The molecule has 4 aromatic rings. The number of hydrogen-bond donors (Lipinski definition) is 1. The molecule has 1 aliphatic heterocycles. The van der Waals surface area contributed by atoms with Gasteiger partial charge < -0.3 is 14.6 Å². The van der Waals surface area contributed by atoms with Crippen molar-refractivity contribution in [3.8, 4) is 28.8 Å². The van der Waals surface area contributed by atoms with E-state index in [2.05, 4.69) is 25.5 Å². The molecule has 1 N–H and O–H groups in total. The van der Waals surface area contributed by atoms with Crippen LogP contribution in [0, 0.1) is 11.6 Å². The molecule has 8 nitrogen and oxygen atoms in total. The van der Waals surface area contributed by atoms with E-state index in [9.17, 15) is 8.78 Å². The fourth-order valence-corrected chi connectivity index (χ4v) is 3.61. The maximum atomic E-state index is 14.3. The zero-order valence-corrected chi connectivity index (χ0v) is 17.0. The molecule has 0 bridgehead atoms. The zero-order valence-electron chi connectivity index (χ0n) is 17.0. The standard InChI is InChI=1S/C22H20F2N6O2/c23-16-4-2-1-3-14(16)13-30-20(18-7-10-31-29-18)11-19(28-30)21-26-12-17(24)22(27-21)32-15-5-8-25-9-6-15/h1-4,7,10-12,15,25H,5-6,8-9,13H2. The van der Waals surface area contributed by atoms with Crippen molar-refractivity contribution < 1.29 is 18.0 Å². The zero-order chi connectivity index (χ0) is 21.9. The smallest absolute Gasteiger partial charge is 0.254 e. The van der Waals surface area contributed by atoms with Gasteiger partial charge in [-0.25, -0.2) is 9.37 Å². The maximum Gasteiger partial charge on any atom is 0.254 e. The summed E-state index contributed by atoms with van der Waals surface area (Å²) >= 11 is 0. The molecular formula is C22H20F2N6O2. The Balaban J connectivity index is 1.49. The highest BCUT2D eigenvalue weighted by molar-refractivity contribution is 5.62. The monoisotopic (exact) mass is 438 g/mol. The molecule has 5 rings (SSSR count). The van der Waals surface area contributed by atoms with Gasteiger partial charge in [-0.05, 0) is 38.1 Å². The van der Waals surface area contributed by atoms with E-state index in [-0.39, 0.29) is 30.2 Å². The van der Waals surface area contributed by atoms with Gasteiger partial charge in [-0.1, -0.05) is 23.4 Å². The number of piperidine rings is 1. The number of hydrogen-bond acceptors (Lipinski definition) is 7. The Morgan fingerprint density at radius 2 is 1.94 bits per heavy atom. The predicted molar refractivity (Wildman–Crippen MR) is 111 cm³/mol. The Hall–Kier alpha value is -3.66. The number of rotatable bonds is 6. The average Bonchev–Trinajstić information content (AvgIpc) is 3.48. The van der Waals surface area contributed by atoms with Gasteiger partial charge in [0.05, 0.1) is 18.4 Å². The van der Waals surface area contributed by atoms with Crippen LogP contribution in [0.4, 0.5) is 8.78 Å². The van der Waals surface area contributed by atoms with Crippen molar-refractivity contribution in [2.45, 2.75) is 25.5 Å². The Morgan fingerprint density at radius 1 is 1.09 bits per heavy atom. The quantitative estimate of drug-likeness (QED) is 0.493. The summed E-state index contributed by atoms with van der Waals surface area (Å²) < 4.78 is 40.9. The van der Waals surface area contributed by atoms with Crippen molar-refractivity contribution in [3.63, 3.8) is 0 Å². The lowest BCUT2D eigenvalue weighted by molar-refractivity contribution is 0.148. The summed E-state index contributed by atoms with van der Waals surface area (Å²) in [4.78, 5) is 8.36. The van der Waals surface area contributed by atoms with Crippen molar-refractivity contribution >= 4 is 0 Å². The van der Waals surface area contributed by atoms with Crippen LogP contribution in [0.5, 0.6) is 5.88 Å². The molecule has 164 valence electrons. The third-order valence-corrected chi connectivity index (χ3v) is 5.26. The van der Waals surface area contributed by atoms with Crippen LogP contribution in [0.3, 0.4) is 0 Å². The molecule has 10 heteroatoms. The van der Waals surface area contributed by atoms with Crippen LogP contribution in [0.2, 0.25) is 0 Å². The molecule has 0 atom stereocenters. The second kappa shape index (κ2) is 8.83. The molecule has 1 fully saturated rings. The van der Waals surface area contributed by atoms with Crippen LogP contribution >= 0.6 is 0 Å². The van der Waals surface area contributed by atoms with Gasteiger partial charge in [0.25, 0.3) is 5.88 Å². The minimum absolute atomic E-state index is 0.103. The number of halogens is 2. The minimum Gasteiger partial charge on any atom is -0.472 e. The third-order valence-electron chi connectivity index (χ3n) is 5.26. The SMILES string of the molecule is Fc1ccccc1Cn1nc(-c2ncc(F)c(OC3CCNCC3)n2)cc1-c1ccon1. The van der Waals surface area contributed by atoms with Crippen LogP contribution in [-0.4, -0.2) is 44.1 Å². The summed E-state index contributed by atoms with van der Waals surface area (Å²) in [5.41, 5.74) is 1.95. The first kappa shape index (κ1) is 20.3. The molecule has 0 amide bonds. The molecule has 0 aliphatic carbocycles. The Kier molecular flexibility index (Phi) is 5.59. The summed E-state index contributed by atoms with van der Waals surface area (Å²) in [6.45, 7) is 1.78. The fraction of sp³-hybridized carbons (Fsp3) is 0.273.